The van der Waals surface area contributed by atoms with Gasteiger partial charge in [-0.2, -0.15) is 10.4 Å². The van der Waals surface area contributed by atoms with E-state index in [4.69, 9.17) is 10.00 Å². The Hall–Kier alpha value is -3.15. The van der Waals surface area contributed by atoms with E-state index in [2.05, 4.69) is 49.0 Å². The third kappa shape index (κ3) is 5.51. The summed E-state index contributed by atoms with van der Waals surface area (Å²) < 4.78 is 6.15. The predicted octanol–water partition coefficient (Wildman–Crippen LogP) is 4.16. The Morgan fingerprint density at radius 1 is 1.13 bits per heavy atom. The highest BCUT2D eigenvalue weighted by Crippen LogP contribution is 2.36. The molecule has 4 rings (SSSR count). The number of rotatable bonds is 6. The Morgan fingerprint density at radius 3 is 2.61 bits per heavy atom. The molecule has 0 aliphatic carbocycles. The molecule has 8 nitrogen and oxygen atoms in total. The number of ether oxygens (including phenoxy) is 1. The number of halogens is 1. The predicted molar refractivity (Wildman–Crippen MR) is 122 cm³/mol. The summed E-state index contributed by atoms with van der Waals surface area (Å²) in [6.45, 7) is 6.18. The zero-order valence-electron chi connectivity index (χ0n) is 17.6. The second kappa shape index (κ2) is 10.2. The molecule has 0 radical (unpaired) electrons. The summed E-state index contributed by atoms with van der Waals surface area (Å²) in [6, 6.07) is 10.3. The van der Waals surface area contributed by atoms with Gasteiger partial charge >= 0.3 is 0 Å². The van der Waals surface area contributed by atoms with E-state index in [0.29, 0.717) is 17.6 Å². The molecule has 3 aromatic rings. The Morgan fingerprint density at radius 2 is 1.94 bits per heavy atom. The minimum atomic E-state index is 0. The van der Waals surface area contributed by atoms with Gasteiger partial charge in [0.05, 0.1) is 24.2 Å². The number of benzene rings is 1. The number of hydrogen-bond donors (Lipinski definition) is 3. The molecule has 0 amide bonds. The first-order valence-corrected chi connectivity index (χ1v) is 10.2. The highest BCUT2D eigenvalue weighted by molar-refractivity contribution is 5.85. The van der Waals surface area contributed by atoms with E-state index in [9.17, 15) is 0 Å². The minimum absolute atomic E-state index is 0. The fraction of sp³-hybridized carbons (Fsp3) is 0.364. The van der Waals surface area contributed by atoms with Crippen LogP contribution in [0.25, 0.3) is 11.3 Å². The molecule has 1 aliphatic heterocycles. The molecule has 1 fully saturated rings. The van der Waals surface area contributed by atoms with Crippen molar-refractivity contribution in [2.45, 2.75) is 38.7 Å². The van der Waals surface area contributed by atoms with Crippen molar-refractivity contribution in [1.29, 1.82) is 5.26 Å². The van der Waals surface area contributed by atoms with Gasteiger partial charge in [-0.25, -0.2) is 9.97 Å². The largest absolute Gasteiger partial charge is 0.490 e. The summed E-state index contributed by atoms with van der Waals surface area (Å²) in [7, 11) is 0. The van der Waals surface area contributed by atoms with Gasteiger partial charge in [0.1, 0.15) is 17.6 Å². The Kier molecular flexibility index (Phi) is 7.45. The normalized spacial score (nSPS) is 14.0. The van der Waals surface area contributed by atoms with Gasteiger partial charge in [0.2, 0.25) is 0 Å². The molecule has 3 N–H and O–H groups in total. The molecule has 162 valence electrons. The van der Waals surface area contributed by atoms with Crippen molar-refractivity contribution in [2.24, 2.45) is 0 Å². The second-order valence-corrected chi connectivity index (χ2v) is 7.64. The summed E-state index contributed by atoms with van der Waals surface area (Å²) >= 11 is 0. The standard InChI is InChI=1S/C22H25N7O.ClH/c1-14(2)30-20-9-16(15-5-7-24-8-6-15)3-4-18(20)19-10-21(29-28-19)27-22-13-25-17(11-23)12-26-22;/h3-4,9-10,12-15,24H,5-8H2,1-2H3,(H2,26,27,28,29);1H. The van der Waals surface area contributed by atoms with Gasteiger partial charge in [0.15, 0.2) is 11.5 Å². The van der Waals surface area contributed by atoms with Crippen LogP contribution >= 0.6 is 12.4 Å². The molecule has 9 heteroatoms. The molecule has 1 aromatic carbocycles. The zero-order valence-corrected chi connectivity index (χ0v) is 18.4. The Balaban J connectivity index is 0.00000272. The average Bonchev–Trinajstić information content (AvgIpc) is 3.22. The first kappa shape index (κ1) is 22.5. The van der Waals surface area contributed by atoms with Crippen LogP contribution in [0, 0.1) is 11.3 Å². The Labute approximate surface area is 187 Å². The van der Waals surface area contributed by atoms with Gasteiger partial charge in [0.25, 0.3) is 0 Å². The number of anilines is 2. The maximum absolute atomic E-state index is 8.83. The van der Waals surface area contributed by atoms with E-state index in [1.807, 2.05) is 26.0 Å². The van der Waals surface area contributed by atoms with E-state index >= 15 is 0 Å². The summed E-state index contributed by atoms with van der Waals surface area (Å²) in [5.74, 6) is 2.55. The maximum Gasteiger partial charge on any atom is 0.158 e. The molecule has 31 heavy (non-hydrogen) atoms. The number of nitriles is 1. The number of H-pyrrole nitrogens is 1. The summed E-state index contributed by atoms with van der Waals surface area (Å²) in [6.07, 6.45) is 5.29. The number of aromatic nitrogens is 4. The second-order valence-electron chi connectivity index (χ2n) is 7.64. The van der Waals surface area contributed by atoms with Crippen molar-refractivity contribution in [3.8, 4) is 23.1 Å². The third-order valence-electron chi connectivity index (χ3n) is 5.07. The first-order chi connectivity index (χ1) is 14.6. The molecule has 0 saturated carbocycles. The van der Waals surface area contributed by atoms with Gasteiger partial charge in [-0.1, -0.05) is 6.07 Å². The van der Waals surface area contributed by atoms with Crippen molar-refractivity contribution < 1.29 is 4.74 Å². The van der Waals surface area contributed by atoms with Crippen LogP contribution in [0.15, 0.2) is 36.7 Å². The van der Waals surface area contributed by atoms with E-state index in [-0.39, 0.29) is 24.2 Å². The quantitative estimate of drug-likeness (QED) is 0.528. The Bertz CT molecular complexity index is 1040. The lowest BCUT2D eigenvalue weighted by Gasteiger charge is -2.24. The molecule has 0 spiro atoms. The van der Waals surface area contributed by atoms with Crippen LogP contribution in [0.3, 0.4) is 0 Å². The lowest BCUT2D eigenvalue weighted by atomic mass is 9.89. The molecule has 2 aromatic heterocycles. The van der Waals surface area contributed by atoms with Crippen LogP contribution in [0.5, 0.6) is 5.75 Å². The van der Waals surface area contributed by atoms with Gasteiger partial charge < -0.3 is 15.4 Å². The highest BCUT2D eigenvalue weighted by Gasteiger charge is 2.19. The van der Waals surface area contributed by atoms with Gasteiger partial charge in [-0.15, -0.1) is 12.4 Å². The van der Waals surface area contributed by atoms with Gasteiger partial charge in [-0.05, 0) is 63.4 Å². The SMILES string of the molecule is CC(C)Oc1cc(C2CCNCC2)ccc1-c1cc(Nc2cnc(C#N)cn2)n[nH]1.Cl. The molecular weight excluding hydrogens is 414 g/mol. The van der Waals surface area contributed by atoms with Crippen LogP contribution in [-0.4, -0.2) is 39.4 Å². The fourth-order valence-corrected chi connectivity index (χ4v) is 3.63. The van der Waals surface area contributed by atoms with Crippen molar-refractivity contribution >= 4 is 24.0 Å². The number of hydrogen-bond acceptors (Lipinski definition) is 7. The molecule has 1 saturated heterocycles. The summed E-state index contributed by atoms with van der Waals surface area (Å²) in [5, 5.41) is 22.8. The van der Waals surface area contributed by atoms with E-state index < -0.39 is 0 Å². The third-order valence-corrected chi connectivity index (χ3v) is 5.07. The van der Waals surface area contributed by atoms with Crippen LogP contribution in [0.2, 0.25) is 0 Å². The molecule has 0 unspecified atom stereocenters. The van der Waals surface area contributed by atoms with Crippen LogP contribution in [-0.2, 0) is 0 Å². The number of nitrogens with zero attached hydrogens (tertiary/aromatic N) is 4. The van der Waals surface area contributed by atoms with E-state index in [1.165, 1.54) is 18.0 Å². The number of piperidine rings is 1. The fourth-order valence-electron chi connectivity index (χ4n) is 3.63. The molecule has 3 heterocycles. The van der Waals surface area contributed by atoms with Gasteiger partial charge in [-0.3, -0.25) is 5.10 Å². The van der Waals surface area contributed by atoms with Crippen molar-refractivity contribution in [2.75, 3.05) is 18.4 Å². The zero-order chi connectivity index (χ0) is 20.9. The van der Waals surface area contributed by atoms with E-state index in [1.54, 1.807) is 0 Å². The van der Waals surface area contributed by atoms with Crippen LogP contribution in [0.4, 0.5) is 11.6 Å². The average molecular weight is 440 g/mol. The maximum atomic E-state index is 8.83. The molecule has 0 atom stereocenters. The van der Waals surface area contributed by atoms with Crippen LogP contribution in [0.1, 0.15) is 43.9 Å². The van der Waals surface area contributed by atoms with Gasteiger partial charge in [0, 0.05) is 11.6 Å². The molecule has 1 aliphatic rings. The van der Waals surface area contributed by atoms with Crippen molar-refractivity contribution in [3.63, 3.8) is 0 Å². The molecular formula is C22H26ClN7O. The first-order valence-electron chi connectivity index (χ1n) is 10.2. The van der Waals surface area contributed by atoms with Crippen molar-refractivity contribution in [3.05, 3.63) is 47.9 Å². The summed E-state index contributed by atoms with van der Waals surface area (Å²) in [4.78, 5) is 8.18. The van der Waals surface area contributed by atoms with E-state index in [0.717, 1.165) is 42.9 Å². The number of nitrogens with one attached hydrogen (secondary N) is 3. The molecule has 0 bridgehead atoms. The van der Waals surface area contributed by atoms with Crippen molar-refractivity contribution in [1.82, 2.24) is 25.5 Å². The summed E-state index contributed by atoms with van der Waals surface area (Å²) in [5.41, 5.74) is 3.41. The smallest absolute Gasteiger partial charge is 0.158 e. The monoisotopic (exact) mass is 439 g/mol. The lowest BCUT2D eigenvalue weighted by molar-refractivity contribution is 0.243. The lowest BCUT2D eigenvalue weighted by Crippen LogP contribution is -2.26. The van der Waals surface area contributed by atoms with Crippen LogP contribution < -0.4 is 15.4 Å². The topological polar surface area (TPSA) is 112 Å². The number of aromatic amines is 1. The minimum Gasteiger partial charge on any atom is -0.490 e. The highest BCUT2D eigenvalue weighted by atomic mass is 35.5.